The first-order valence-corrected chi connectivity index (χ1v) is 7.32. The Bertz CT molecular complexity index is 432. The van der Waals surface area contributed by atoms with Gasteiger partial charge in [0.15, 0.2) is 11.5 Å². The quantitative estimate of drug-likeness (QED) is 0.793. The van der Waals surface area contributed by atoms with Gasteiger partial charge in [0.25, 0.3) is 5.91 Å². The second-order valence-corrected chi connectivity index (χ2v) is 4.69. The lowest BCUT2D eigenvalue weighted by Crippen LogP contribution is -2.32. The first kappa shape index (κ1) is 16.3. The summed E-state index contributed by atoms with van der Waals surface area (Å²) in [4.78, 5) is 12.1. The van der Waals surface area contributed by atoms with E-state index in [1.165, 1.54) is 0 Å². The van der Waals surface area contributed by atoms with Crippen LogP contribution in [0.1, 0.15) is 50.9 Å². The van der Waals surface area contributed by atoms with Crippen LogP contribution in [0.15, 0.2) is 18.2 Å². The molecule has 0 bridgehead atoms. The first-order valence-electron chi connectivity index (χ1n) is 7.32. The third kappa shape index (κ3) is 4.76. The average molecular weight is 279 g/mol. The fraction of sp³-hybridized carbons (Fsp3) is 0.562. The lowest BCUT2D eigenvalue weighted by molar-refractivity contribution is 0.0938. The van der Waals surface area contributed by atoms with Crippen LogP contribution in [0.5, 0.6) is 11.5 Å². The number of carbonyl (C=O) groups is 1. The third-order valence-corrected chi connectivity index (χ3v) is 2.90. The number of nitrogens with one attached hydrogen (secondary N) is 1. The Kier molecular flexibility index (Phi) is 6.91. The molecule has 0 aromatic heterocycles. The second kappa shape index (κ2) is 8.46. The highest BCUT2D eigenvalue weighted by atomic mass is 16.5. The van der Waals surface area contributed by atoms with Gasteiger partial charge in [0, 0.05) is 11.6 Å². The summed E-state index contributed by atoms with van der Waals surface area (Å²) in [6.45, 7) is 9.05. The Morgan fingerprint density at radius 2 is 1.80 bits per heavy atom. The van der Waals surface area contributed by atoms with Gasteiger partial charge in [0.1, 0.15) is 0 Å². The summed E-state index contributed by atoms with van der Waals surface area (Å²) in [6.07, 6.45) is 2.02. The molecule has 0 heterocycles. The molecule has 0 aliphatic heterocycles. The largest absolute Gasteiger partial charge is 0.490 e. The van der Waals surface area contributed by atoms with E-state index in [4.69, 9.17) is 9.47 Å². The molecule has 1 rings (SSSR count). The topological polar surface area (TPSA) is 47.6 Å². The summed E-state index contributed by atoms with van der Waals surface area (Å²) in [6, 6.07) is 5.47. The number of ether oxygens (including phenoxy) is 2. The van der Waals surface area contributed by atoms with E-state index in [9.17, 15) is 4.79 Å². The molecule has 1 aromatic rings. The van der Waals surface area contributed by atoms with Crippen LogP contribution in [0.2, 0.25) is 0 Å². The molecule has 20 heavy (non-hydrogen) atoms. The molecular formula is C16H25NO3. The highest BCUT2D eigenvalue weighted by Gasteiger charge is 2.13. The van der Waals surface area contributed by atoms with Crippen LogP contribution in [-0.2, 0) is 0 Å². The molecular weight excluding hydrogens is 254 g/mol. The number of benzene rings is 1. The van der Waals surface area contributed by atoms with Crippen LogP contribution in [0.4, 0.5) is 0 Å². The molecule has 0 aliphatic carbocycles. The Labute approximate surface area is 121 Å². The monoisotopic (exact) mass is 279 g/mol. The normalized spacial score (nSPS) is 11.8. The minimum Gasteiger partial charge on any atom is -0.490 e. The second-order valence-electron chi connectivity index (χ2n) is 4.69. The van der Waals surface area contributed by atoms with Gasteiger partial charge in [-0.1, -0.05) is 13.3 Å². The molecule has 0 spiro atoms. The van der Waals surface area contributed by atoms with Crippen molar-refractivity contribution in [3.05, 3.63) is 23.8 Å². The molecule has 1 N–H and O–H groups in total. The van der Waals surface area contributed by atoms with Gasteiger partial charge in [0.05, 0.1) is 13.2 Å². The zero-order chi connectivity index (χ0) is 15.0. The van der Waals surface area contributed by atoms with Gasteiger partial charge in [-0.05, 0) is 45.4 Å². The van der Waals surface area contributed by atoms with E-state index in [1.54, 1.807) is 18.2 Å². The molecule has 0 fully saturated rings. The van der Waals surface area contributed by atoms with E-state index in [0.29, 0.717) is 30.3 Å². The van der Waals surface area contributed by atoms with Gasteiger partial charge in [0.2, 0.25) is 0 Å². The van der Waals surface area contributed by atoms with Crippen LogP contribution in [0, 0.1) is 0 Å². The van der Waals surface area contributed by atoms with Crippen LogP contribution < -0.4 is 14.8 Å². The minimum absolute atomic E-state index is 0.0741. The number of rotatable bonds is 8. The lowest BCUT2D eigenvalue weighted by atomic mass is 10.1. The predicted octanol–water partition coefficient (Wildman–Crippen LogP) is 3.40. The number of carbonyl (C=O) groups excluding carboxylic acids is 1. The molecule has 0 unspecified atom stereocenters. The van der Waals surface area contributed by atoms with Crippen molar-refractivity contribution in [2.24, 2.45) is 0 Å². The van der Waals surface area contributed by atoms with Gasteiger partial charge in [-0.25, -0.2) is 0 Å². The fourth-order valence-corrected chi connectivity index (χ4v) is 2.00. The summed E-state index contributed by atoms with van der Waals surface area (Å²) in [5.41, 5.74) is 0.597. The van der Waals surface area contributed by atoms with Gasteiger partial charge >= 0.3 is 0 Å². The van der Waals surface area contributed by atoms with Crippen molar-refractivity contribution < 1.29 is 14.3 Å². The standard InChI is InChI=1S/C16H25NO3/c1-5-8-12(4)17-16(18)13-9-10-14(19-6-2)15(11-13)20-7-3/h9-12H,5-8H2,1-4H3,(H,17,18)/t12-/m0/s1. The predicted molar refractivity (Wildman–Crippen MR) is 80.6 cm³/mol. The highest BCUT2D eigenvalue weighted by Crippen LogP contribution is 2.28. The van der Waals surface area contributed by atoms with E-state index in [0.717, 1.165) is 12.8 Å². The van der Waals surface area contributed by atoms with Gasteiger partial charge < -0.3 is 14.8 Å². The molecule has 1 atom stereocenters. The zero-order valence-electron chi connectivity index (χ0n) is 12.9. The SMILES string of the molecule is CCC[C@H](C)NC(=O)c1ccc(OCC)c(OCC)c1. The van der Waals surface area contributed by atoms with Crippen LogP contribution in [0.25, 0.3) is 0 Å². The zero-order valence-corrected chi connectivity index (χ0v) is 12.9. The summed E-state index contributed by atoms with van der Waals surface area (Å²) >= 11 is 0. The van der Waals surface area contributed by atoms with Crippen molar-refractivity contribution in [3.8, 4) is 11.5 Å². The van der Waals surface area contributed by atoms with E-state index in [1.807, 2.05) is 20.8 Å². The summed E-state index contributed by atoms with van der Waals surface area (Å²) in [7, 11) is 0. The van der Waals surface area contributed by atoms with E-state index >= 15 is 0 Å². The number of hydrogen-bond donors (Lipinski definition) is 1. The Hall–Kier alpha value is -1.71. The maximum Gasteiger partial charge on any atom is 0.251 e. The fourth-order valence-electron chi connectivity index (χ4n) is 2.00. The van der Waals surface area contributed by atoms with Gasteiger partial charge in [-0.3, -0.25) is 4.79 Å². The molecule has 1 aromatic carbocycles. The highest BCUT2D eigenvalue weighted by molar-refractivity contribution is 5.95. The average Bonchev–Trinajstić information content (AvgIpc) is 2.41. The van der Waals surface area contributed by atoms with Crippen molar-refractivity contribution >= 4 is 5.91 Å². The van der Waals surface area contributed by atoms with Gasteiger partial charge in [-0.15, -0.1) is 0 Å². The van der Waals surface area contributed by atoms with E-state index in [2.05, 4.69) is 12.2 Å². The lowest BCUT2D eigenvalue weighted by Gasteiger charge is -2.15. The van der Waals surface area contributed by atoms with E-state index < -0.39 is 0 Å². The Morgan fingerprint density at radius 1 is 1.15 bits per heavy atom. The molecule has 0 aliphatic rings. The summed E-state index contributed by atoms with van der Waals surface area (Å²) < 4.78 is 11.0. The molecule has 1 amide bonds. The van der Waals surface area contributed by atoms with Crippen molar-refractivity contribution in [1.29, 1.82) is 0 Å². The van der Waals surface area contributed by atoms with Crippen molar-refractivity contribution in [2.75, 3.05) is 13.2 Å². The smallest absolute Gasteiger partial charge is 0.251 e. The molecule has 0 saturated heterocycles. The summed E-state index contributed by atoms with van der Waals surface area (Å²) in [5, 5.41) is 2.98. The van der Waals surface area contributed by atoms with Crippen molar-refractivity contribution in [1.82, 2.24) is 5.32 Å². The Morgan fingerprint density at radius 3 is 2.40 bits per heavy atom. The van der Waals surface area contributed by atoms with Crippen LogP contribution >= 0.6 is 0 Å². The van der Waals surface area contributed by atoms with Crippen molar-refractivity contribution in [3.63, 3.8) is 0 Å². The number of hydrogen-bond acceptors (Lipinski definition) is 3. The van der Waals surface area contributed by atoms with E-state index in [-0.39, 0.29) is 11.9 Å². The first-order chi connectivity index (χ1) is 9.62. The summed E-state index contributed by atoms with van der Waals surface area (Å²) in [5.74, 6) is 1.22. The van der Waals surface area contributed by atoms with Crippen molar-refractivity contribution in [2.45, 2.75) is 46.6 Å². The molecule has 112 valence electrons. The molecule has 4 heteroatoms. The van der Waals surface area contributed by atoms with Gasteiger partial charge in [-0.2, -0.15) is 0 Å². The Balaban J connectivity index is 2.84. The maximum absolute atomic E-state index is 12.1. The minimum atomic E-state index is -0.0741. The number of amides is 1. The molecule has 0 radical (unpaired) electrons. The third-order valence-electron chi connectivity index (χ3n) is 2.90. The molecule has 0 saturated carbocycles. The van der Waals surface area contributed by atoms with Crippen LogP contribution in [-0.4, -0.2) is 25.2 Å². The molecule has 4 nitrogen and oxygen atoms in total. The maximum atomic E-state index is 12.1. The van der Waals surface area contributed by atoms with Crippen LogP contribution in [0.3, 0.4) is 0 Å².